The molecule has 8 nitrogen and oxygen atoms in total. The minimum atomic E-state index is -1.93. The van der Waals surface area contributed by atoms with Crippen molar-refractivity contribution in [3.8, 4) is 0 Å². The van der Waals surface area contributed by atoms with Gasteiger partial charge in [0.15, 0.2) is 17.5 Å². The first kappa shape index (κ1) is 19.3. The lowest BCUT2D eigenvalue weighted by Gasteiger charge is -2.54. The summed E-state index contributed by atoms with van der Waals surface area (Å²) >= 11 is 0. The summed E-state index contributed by atoms with van der Waals surface area (Å²) in [5.41, 5.74) is -3.76. The Morgan fingerprint density at radius 1 is 1.12 bits per heavy atom. The van der Waals surface area contributed by atoms with Crippen LogP contribution in [-0.2, 0) is 38.1 Å². The Balaban J connectivity index is 2.68. The predicted octanol–water partition coefficient (Wildman–Crippen LogP) is 0.0830. The molecule has 5 atom stereocenters. The van der Waals surface area contributed by atoms with E-state index < -0.39 is 46.7 Å². The van der Waals surface area contributed by atoms with Crippen LogP contribution in [0, 0.1) is 17.8 Å². The lowest BCUT2D eigenvalue weighted by Crippen LogP contribution is -2.73. The Morgan fingerprint density at radius 2 is 1.72 bits per heavy atom. The summed E-state index contributed by atoms with van der Waals surface area (Å²) in [6, 6.07) is 0. The number of ketones is 1. The summed E-state index contributed by atoms with van der Waals surface area (Å²) in [5, 5.41) is 0. The van der Waals surface area contributed by atoms with Crippen LogP contribution in [0.4, 0.5) is 0 Å². The zero-order valence-corrected chi connectivity index (χ0v) is 14.6. The number of methoxy groups -OCH3 is 2. The topological polar surface area (TPSA) is 105 Å². The third kappa shape index (κ3) is 2.51. The highest BCUT2D eigenvalue weighted by Gasteiger charge is 2.72. The molecule has 0 aromatic rings. The van der Waals surface area contributed by atoms with Crippen LogP contribution >= 0.6 is 0 Å². The molecule has 0 amide bonds. The fourth-order valence-electron chi connectivity index (χ4n) is 3.80. The molecule has 2 bridgehead atoms. The van der Waals surface area contributed by atoms with Gasteiger partial charge >= 0.3 is 11.9 Å². The zero-order valence-electron chi connectivity index (χ0n) is 14.6. The highest BCUT2D eigenvalue weighted by atomic mass is 16.6. The molecule has 1 saturated carbocycles. The first-order valence-electron chi connectivity index (χ1n) is 8.04. The van der Waals surface area contributed by atoms with Crippen molar-refractivity contribution >= 4 is 24.0 Å². The molecule has 3 aliphatic rings. The summed E-state index contributed by atoms with van der Waals surface area (Å²) in [5.74, 6) is -5.61. The maximum Gasteiger partial charge on any atom is 0.313 e. The molecule has 0 aromatic heterocycles. The lowest BCUT2D eigenvalue weighted by molar-refractivity contribution is -0.207. The number of carbonyl (C=O) groups excluding carboxylic acids is 4. The Labute approximate surface area is 145 Å². The number of carbonyl (C=O) groups is 4. The number of hydrogen-bond donors (Lipinski definition) is 0. The predicted molar refractivity (Wildman–Crippen MR) is 83.4 cm³/mol. The molecule has 3 aliphatic carbocycles. The van der Waals surface area contributed by atoms with E-state index in [1.807, 2.05) is 0 Å². The fourth-order valence-corrected chi connectivity index (χ4v) is 3.80. The van der Waals surface area contributed by atoms with Crippen molar-refractivity contribution in [3.63, 3.8) is 0 Å². The molecule has 1 fully saturated rings. The van der Waals surface area contributed by atoms with Gasteiger partial charge in [-0.15, -0.1) is 0 Å². The van der Waals surface area contributed by atoms with Crippen LogP contribution < -0.4 is 0 Å². The summed E-state index contributed by atoms with van der Waals surface area (Å²) in [6.45, 7) is 3.38. The Hall–Kier alpha value is -2.06. The highest BCUT2D eigenvalue weighted by Crippen LogP contribution is 2.53. The van der Waals surface area contributed by atoms with Gasteiger partial charge < -0.3 is 18.9 Å². The average molecular weight is 354 g/mol. The van der Waals surface area contributed by atoms with Crippen molar-refractivity contribution in [1.82, 2.24) is 0 Å². The number of Topliss-reactive ketones (excluding diaryl/α,β-unsaturated/α-hetero) is 1. The van der Waals surface area contributed by atoms with Gasteiger partial charge in [-0.1, -0.05) is 6.08 Å². The van der Waals surface area contributed by atoms with Gasteiger partial charge in [-0.3, -0.25) is 19.2 Å². The van der Waals surface area contributed by atoms with Crippen molar-refractivity contribution in [3.05, 3.63) is 12.2 Å². The minimum Gasteiger partial charge on any atom is -0.466 e. The minimum absolute atomic E-state index is 0.0658. The Kier molecular flexibility index (Phi) is 5.43. The summed E-state index contributed by atoms with van der Waals surface area (Å²) < 4.78 is 20.8. The number of esters is 2. The molecule has 8 heteroatoms. The maximum atomic E-state index is 13.1. The lowest BCUT2D eigenvalue weighted by atomic mass is 9.53. The number of fused-ring (bicyclic) bond motifs is 2. The first-order valence-corrected chi connectivity index (χ1v) is 8.04. The first-order chi connectivity index (χ1) is 11.9. The Bertz CT molecular complexity index is 612. The molecule has 0 aromatic carbocycles. The van der Waals surface area contributed by atoms with Gasteiger partial charge in [0.25, 0.3) is 0 Å². The molecule has 0 saturated heterocycles. The van der Waals surface area contributed by atoms with Crippen molar-refractivity contribution in [2.75, 3.05) is 27.4 Å². The third-order valence-corrected chi connectivity index (χ3v) is 4.91. The van der Waals surface area contributed by atoms with E-state index in [1.54, 1.807) is 13.8 Å². The zero-order chi connectivity index (χ0) is 18.8. The van der Waals surface area contributed by atoms with Gasteiger partial charge in [-0.25, -0.2) is 0 Å². The van der Waals surface area contributed by atoms with Crippen LogP contribution in [0.2, 0.25) is 0 Å². The summed E-state index contributed by atoms with van der Waals surface area (Å²) in [4.78, 5) is 50.0. The van der Waals surface area contributed by atoms with Gasteiger partial charge in [0, 0.05) is 20.1 Å². The van der Waals surface area contributed by atoms with Crippen LogP contribution in [0.1, 0.15) is 13.8 Å². The average Bonchev–Trinajstić information content (AvgIpc) is 2.62. The van der Waals surface area contributed by atoms with E-state index >= 15 is 0 Å². The van der Waals surface area contributed by atoms with E-state index in [9.17, 15) is 19.2 Å². The quantitative estimate of drug-likeness (QED) is 0.274. The van der Waals surface area contributed by atoms with E-state index in [0.29, 0.717) is 6.29 Å². The van der Waals surface area contributed by atoms with Crippen molar-refractivity contribution in [2.45, 2.75) is 25.0 Å². The third-order valence-electron chi connectivity index (χ3n) is 4.91. The van der Waals surface area contributed by atoms with Gasteiger partial charge in [0.1, 0.15) is 5.92 Å². The molecule has 0 aliphatic heterocycles. The van der Waals surface area contributed by atoms with Gasteiger partial charge in [-0.05, 0) is 19.9 Å². The smallest absolute Gasteiger partial charge is 0.313 e. The van der Waals surface area contributed by atoms with Gasteiger partial charge in [0.05, 0.1) is 19.1 Å². The molecular formula is C17H22O8. The standard InChI is InChI=1S/C17H22O8/c1-5-24-13(19)11-10-7-8-16(22-3,12(11)14(20)25-6-2)15(21)17(10,9-18)23-4/h7-12H,5-6H2,1-4H3/t10-,11+,12+,16-,17+/m1/s1. The summed E-state index contributed by atoms with van der Waals surface area (Å²) in [7, 11) is 2.43. The van der Waals surface area contributed by atoms with Gasteiger partial charge in [-0.2, -0.15) is 0 Å². The van der Waals surface area contributed by atoms with Crippen molar-refractivity contribution < 1.29 is 38.1 Å². The van der Waals surface area contributed by atoms with Crippen molar-refractivity contribution in [2.24, 2.45) is 17.8 Å². The molecule has 138 valence electrons. The molecule has 0 N–H and O–H groups in total. The van der Waals surface area contributed by atoms with E-state index in [1.165, 1.54) is 26.4 Å². The van der Waals surface area contributed by atoms with Crippen LogP contribution in [-0.4, -0.2) is 62.6 Å². The van der Waals surface area contributed by atoms with Crippen molar-refractivity contribution in [1.29, 1.82) is 0 Å². The normalized spacial score (nSPS) is 36.2. The molecule has 0 unspecified atom stereocenters. The molecule has 25 heavy (non-hydrogen) atoms. The van der Waals surface area contributed by atoms with Gasteiger partial charge in [0.2, 0.25) is 5.78 Å². The van der Waals surface area contributed by atoms with E-state index in [0.717, 1.165) is 0 Å². The molecular weight excluding hydrogens is 332 g/mol. The van der Waals surface area contributed by atoms with E-state index in [2.05, 4.69) is 0 Å². The fraction of sp³-hybridized carbons (Fsp3) is 0.647. The van der Waals surface area contributed by atoms with Crippen LogP contribution in [0.5, 0.6) is 0 Å². The SMILES string of the molecule is CCOC(=O)[C@@H]1[C@@H](C(=O)OCC)[C@]2(OC)C=C[C@H]1[C@](C=O)(OC)C2=O. The summed E-state index contributed by atoms with van der Waals surface area (Å²) in [6.07, 6.45) is 3.25. The Morgan fingerprint density at radius 3 is 2.20 bits per heavy atom. The number of aldehydes is 1. The second kappa shape index (κ2) is 7.05. The largest absolute Gasteiger partial charge is 0.466 e. The monoisotopic (exact) mass is 354 g/mol. The molecule has 0 spiro atoms. The number of rotatable bonds is 7. The number of ether oxygens (including phenoxy) is 4. The van der Waals surface area contributed by atoms with Crippen LogP contribution in [0.25, 0.3) is 0 Å². The second-order valence-electron chi connectivity index (χ2n) is 5.83. The molecule has 0 radical (unpaired) electrons. The van der Waals surface area contributed by atoms with E-state index in [4.69, 9.17) is 18.9 Å². The maximum absolute atomic E-state index is 13.1. The van der Waals surface area contributed by atoms with Crippen LogP contribution in [0.15, 0.2) is 12.2 Å². The van der Waals surface area contributed by atoms with E-state index in [-0.39, 0.29) is 13.2 Å². The number of hydrogen-bond acceptors (Lipinski definition) is 8. The highest BCUT2D eigenvalue weighted by molar-refractivity contribution is 6.13. The van der Waals surface area contributed by atoms with Crippen LogP contribution in [0.3, 0.4) is 0 Å². The second-order valence-corrected chi connectivity index (χ2v) is 5.83. The molecule has 0 heterocycles. The molecule has 3 rings (SSSR count).